The summed E-state index contributed by atoms with van der Waals surface area (Å²) in [6, 6.07) is -0.0374. The summed E-state index contributed by atoms with van der Waals surface area (Å²) in [4.78, 5) is 13.8. The van der Waals surface area contributed by atoms with E-state index in [0.29, 0.717) is 32.7 Å². The van der Waals surface area contributed by atoms with Crippen LogP contribution in [0.4, 0.5) is 0 Å². The fourth-order valence-electron chi connectivity index (χ4n) is 1.83. The molecule has 1 heterocycles. The highest BCUT2D eigenvalue weighted by Crippen LogP contribution is 2.02. The van der Waals surface area contributed by atoms with Gasteiger partial charge in [0.2, 0.25) is 5.91 Å². The lowest BCUT2D eigenvalue weighted by molar-refractivity contribution is -0.137. The second kappa shape index (κ2) is 6.83. The standard InChI is InChI=1S/C11H22N2O3/c1-9(3-6-14)12-10(2)11(15)13-4-7-16-8-5-13/h9-10,12,14H,3-8H2,1-2H3. The van der Waals surface area contributed by atoms with E-state index in [-0.39, 0.29) is 24.6 Å². The molecular weight excluding hydrogens is 208 g/mol. The summed E-state index contributed by atoms with van der Waals surface area (Å²) < 4.78 is 5.20. The maximum Gasteiger partial charge on any atom is 0.239 e. The van der Waals surface area contributed by atoms with Gasteiger partial charge in [-0.05, 0) is 20.3 Å². The molecule has 2 unspecified atom stereocenters. The Morgan fingerprint density at radius 3 is 2.62 bits per heavy atom. The van der Waals surface area contributed by atoms with Gasteiger partial charge in [0.15, 0.2) is 0 Å². The predicted molar refractivity (Wildman–Crippen MR) is 61.2 cm³/mol. The van der Waals surface area contributed by atoms with Crippen molar-refractivity contribution in [1.29, 1.82) is 0 Å². The number of morpholine rings is 1. The molecule has 1 fully saturated rings. The lowest BCUT2D eigenvalue weighted by atomic mass is 10.2. The molecule has 2 atom stereocenters. The van der Waals surface area contributed by atoms with E-state index in [0.717, 1.165) is 0 Å². The molecule has 0 aromatic heterocycles. The maximum absolute atomic E-state index is 12.0. The van der Waals surface area contributed by atoms with Crippen LogP contribution in [-0.2, 0) is 9.53 Å². The van der Waals surface area contributed by atoms with Crippen molar-refractivity contribution in [2.75, 3.05) is 32.9 Å². The van der Waals surface area contributed by atoms with E-state index in [4.69, 9.17) is 9.84 Å². The Balaban J connectivity index is 2.34. The number of hydrogen-bond donors (Lipinski definition) is 2. The van der Waals surface area contributed by atoms with Crippen molar-refractivity contribution in [1.82, 2.24) is 10.2 Å². The number of nitrogens with one attached hydrogen (secondary N) is 1. The Morgan fingerprint density at radius 1 is 1.44 bits per heavy atom. The van der Waals surface area contributed by atoms with Crippen LogP contribution in [0.1, 0.15) is 20.3 Å². The Morgan fingerprint density at radius 2 is 2.06 bits per heavy atom. The second-order valence-corrected chi connectivity index (χ2v) is 4.24. The fraction of sp³-hybridized carbons (Fsp3) is 0.909. The average molecular weight is 230 g/mol. The molecule has 16 heavy (non-hydrogen) atoms. The number of hydrogen-bond acceptors (Lipinski definition) is 4. The van der Waals surface area contributed by atoms with Crippen LogP contribution in [0.25, 0.3) is 0 Å². The molecule has 5 heteroatoms. The molecule has 0 bridgehead atoms. The predicted octanol–water partition coefficient (Wildman–Crippen LogP) is -0.406. The highest BCUT2D eigenvalue weighted by molar-refractivity contribution is 5.81. The van der Waals surface area contributed by atoms with E-state index in [1.165, 1.54) is 0 Å². The number of ether oxygens (including phenoxy) is 1. The summed E-state index contributed by atoms with van der Waals surface area (Å²) in [6.45, 7) is 6.60. The van der Waals surface area contributed by atoms with E-state index >= 15 is 0 Å². The van der Waals surface area contributed by atoms with E-state index in [1.807, 2.05) is 18.7 Å². The van der Waals surface area contributed by atoms with Crippen LogP contribution in [0.5, 0.6) is 0 Å². The van der Waals surface area contributed by atoms with Gasteiger partial charge in [0.1, 0.15) is 0 Å². The topological polar surface area (TPSA) is 61.8 Å². The lowest BCUT2D eigenvalue weighted by Crippen LogP contribution is -2.51. The van der Waals surface area contributed by atoms with Gasteiger partial charge in [-0.1, -0.05) is 0 Å². The van der Waals surface area contributed by atoms with Crippen LogP contribution < -0.4 is 5.32 Å². The van der Waals surface area contributed by atoms with Gasteiger partial charge in [-0.15, -0.1) is 0 Å². The molecule has 0 radical (unpaired) electrons. The van der Waals surface area contributed by atoms with Gasteiger partial charge in [0.05, 0.1) is 19.3 Å². The van der Waals surface area contributed by atoms with Gasteiger partial charge in [-0.3, -0.25) is 4.79 Å². The molecular formula is C11H22N2O3. The number of carbonyl (C=O) groups is 1. The smallest absolute Gasteiger partial charge is 0.239 e. The summed E-state index contributed by atoms with van der Waals surface area (Å²) in [5.41, 5.74) is 0. The van der Waals surface area contributed by atoms with Crippen molar-refractivity contribution in [3.63, 3.8) is 0 Å². The third kappa shape index (κ3) is 4.08. The molecule has 0 aromatic carbocycles. The second-order valence-electron chi connectivity index (χ2n) is 4.24. The van der Waals surface area contributed by atoms with Gasteiger partial charge < -0.3 is 20.1 Å². The maximum atomic E-state index is 12.0. The number of rotatable bonds is 5. The number of carbonyl (C=O) groups excluding carboxylic acids is 1. The molecule has 1 saturated heterocycles. The van der Waals surface area contributed by atoms with Crippen LogP contribution in [0.3, 0.4) is 0 Å². The van der Waals surface area contributed by atoms with Crippen LogP contribution in [0, 0.1) is 0 Å². The number of nitrogens with zero attached hydrogens (tertiary/aromatic N) is 1. The van der Waals surface area contributed by atoms with Crippen LogP contribution >= 0.6 is 0 Å². The molecule has 94 valence electrons. The molecule has 0 aromatic rings. The van der Waals surface area contributed by atoms with Gasteiger partial charge >= 0.3 is 0 Å². The quantitative estimate of drug-likeness (QED) is 0.674. The summed E-state index contributed by atoms with van der Waals surface area (Å²) >= 11 is 0. The third-order valence-corrected chi connectivity index (χ3v) is 2.79. The number of aliphatic hydroxyl groups is 1. The first-order chi connectivity index (χ1) is 7.65. The number of aliphatic hydroxyl groups excluding tert-OH is 1. The highest BCUT2D eigenvalue weighted by atomic mass is 16.5. The third-order valence-electron chi connectivity index (χ3n) is 2.79. The lowest BCUT2D eigenvalue weighted by Gasteiger charge is -2.30. The average Bonchev–Trinajstić information content (AvgIpc) is 2.29. The van der Waals surface area contributed by atoms with Crippen LogP contribution in [0.15, 0.2) is 0 Å². The van der Waals surface area contributed by atoms with Gasteiger partial charge in [0.25, 0.3) is 0 Å². The molecule has 1 aliphatic heterocycles. The minimum atomic E-state index is -0.195. The summed E-state index contributed by atoms with van der Waals surface area (Å²) in [7, 11) is 0. The Hall–Kier alpha value is -0.650. The SMILES string of the molecule is CC(CCO)NC(C)C(=O)N1CCOCC1. The highest BCUT2D eigenvalue weighted by Gasteiger charge is 2.22. The van der Waals surface area contributed by atoms with Crippen molar-refractivity contribution in [2.24, 2.45) is 0 Å². The monoisotopic (exact) mass is 230 g/mol. The summed E-state index contributed by atoms with van der Waals surface area (Å²) in [6.07, 6.45) is 0.667. The summed E-state index contributed by atoms with van der Waals surface area (Å²) in [5, 5.41) is 12.0. The van der Waals surface area contributed by atoms with Gasteiger partial charge in [-0.2, -0.15) is 0 Å². The van der Waals surface area contributed by atoms with Gasteiger partial charge in [0, 0.05) is 25.7 Å². The number of amides is 1. The van der Waals surface area contributed by atoms with Gasteiger partial charge in [-0.25, -0.2) is 0 Å². The molecule has 1 rings (SSSR count). The van der Waals surface area contributed by atoms with E-state index in [2.05, 4.69) is 5.32 Å². The zero-order chi connectivity index (χ0) is 12.0. The normalized spacial score (nSPS) is 20.6. The minimum absolute atomic E-state index is 0.119. The Labute approximate surface area is 96.8 Å². The Kier molecular flexibility index (Phi) is 5.73. The summed E-state index contributed by atoms with van der Waals surface area (Å²) in [5.74, 6) is 0.119. The van der Waals surface area contributed by atoms with Crippen molar-refractivity contribution < 1.29 is 14.6 Å². The molecule has 2 N–H and O–H groups in total. The van der Waals surface area contributed by atoms with Crippen molar-refractivity contribution >= 4 is 5.91 Å². The fourth-order valence-corrected chi connectivity index (χ4v) is 1.83. The van der Waals surface area contributed by atoms with Crippen molar-refractivity contribution in [3.8, 4) is 0 Å². The first-order valence-corrected chi connectivity index (χ1v) is 5.88. The zero-order valence-corrected chi connectivity index (χ0v) is 10.1. The molecule has 1 amide bonds. The minimum Gasteiger partial charge on any atom is -0.396 e. The largest absolute Gasteiger partial charge is 0.396 e. The molecule has 0 aliphatic carbocycles. The van der Waals surface area contributed by atoms with Crippen molar-refractivity contribution in [2.45, 2.75) is 32.4 Å². The first kappa shape index (κ1) is 13.4. The van der Waals surface area contributed by atoms with Crippen LogP contribution in [0.2, 0.25) is 0 Å². The van der Waals surface area contributed by atoms with Crippen LogP contribution in [-0.4, -0.2) is 60.9 Å². The zero-order valence-electron chi connectivity index (χ0n) is 10.1. The van der Waals surface area contributed by atoms with E-state index in [9.17, 15) is 4.79 Å². The molecule has 0 saturated carbocycles. The molecule has 5 nitrogen and oxygen atoms in total. The Bertz CT molecular complexity index is 217. The van der Waals surface area contributed by atoms with E-state index < -0.39 is 0 Å². The van der Waals surface area contributed by atoms with Crippen molar-refractivity contribution in [3.05, 3.63) is 0 Å². The van der Waals surface area contributed by atoms with E-state index in [1.54, 1.807) is 0 Å². The molecule has 1 aliphatic rings. The first-order valence-electron chi connectivity index (χ1n) is 5.88. The molecule has 0 spiro atoms.